The molecule has 1 saturated carbocycles. The average Bonchev–Trinajstić information content (AvgIpc) is 2.79. The van der Waals surface area contributed by atoms with E-state index in [1.54, 1.807) is 14.2 Å². The van der Waals surface area contributed by atoms with Gasteiger partial charge in [-0.2, -0.15) is 13.2 Å². The highest BCUT2D eigenvalue weighted by Gasteiger charge is 2.64. The Kier molecular flexibility index (Phi) is 11.8. The molecule has 1 amide bonds. The van der Waals surface area contributed by atoms with Crippen molar-refractivity contribution in [3.8, 4) is 11.5 Å². The molecule has 0 radical (unpaired) electrons. The van der Waals surface area contributed by atoms with Gasteiger partial charge in [-0.3, -0.25) is 9.21 Å². The van der Waals surface area contributed by atoms with Crippen LogP contribution in [0.5, 0.6) is 11.5 Å². The summed E-state index contributed by atoms with van der Waals surface area (Å²) in [6, 6.07) is 4.90. The SMILES string of the molecule is COCCCOc1cc(C[C@@H](C[C@H](N)[C@@H](O)CN(Cl)C(=O)C2(C(F)(F)F)CCC2)C(C)C)ccc1OC. The predicted octanol–water partition coefficient (Wildman–Crippen LogP) is 4.72. The summed E-state index contributed by atoms with van der Waals surface area (Å²) in [7, 11) is 3.20. The van der Waals surface area contributed by atoms with Crippen LogP contribution < -0.4 is 15.2 Å². The molecule has 0 aromatic heterocycles. The number of carbonyl (C=O) groups excluding carboxylic acids is 1. The molecule has 3 N–H and O–H groups in total. The number of hydrogen-bond acceptors (Lipinski definition) is 6. The number of aliphatic hydroxyl groups excluding tert-OH is 1. The molecule has 1 aliphatic carbocycles. The van der Waals surface area contributed by atoms with Crippen LogP contribution in [0, 0.1) is 17.3 Å². The highest BCUT2D eigenvalue weighted by Crippen LogP contribution is 2.54. The van der Waals surface area contributed by atoms with Crippen LogP contribution in [0.15, 0.2) is 18.2 Å². The molecule has 37 heavy (non-hydrogen) atoms. The molecule has 0 heterocycles. The van der Waals surface area contributed by atoms with Crippen LogP contribution in [-0.2, 0) is 16.0 Å². The van der Waals surface area contributed by atoms with Gasteiger partial charge in [0.05, 0.1) is 26.4 Å². The van der Waals surface area contributed by atoms with Gasteiger partial charge in [0.1, 0.15) is 5.41 Å². The molecule has 0 bridgehead atoms. The van der Waals surface area contributed by atoms with E-state index in [1.165, 1.54) is 0 Å². The van der Waals surface area contributed by atoms with Crippen molar-refractivity contribution >= 4 is 17.7 Å². The number of nitrogens with zero attached hydrogens (tertiary/aromatic N) is 1. The molecule has 0 aliphatic heterocycles. The zero-order valence-electron chi connectivity index (χ0n) is 22.0. The van der Waals surface area contributed by atoms with Crippen LogP contribution in [-0.4, -0.2) is 67.7 Å². The number of hydrogen-bond donors (Lipinski definition) is 2. The number of ether oxygens (including phenoxy) is 3. The number of nitrogens with two attached hydrogens (primary N) is 1. The summed E-state index contributed by atoms with van der Waals surface area (Å²) in [4.78, 5) is 12.5. The number of alkyl halides is 3. The van der Waals surface area contributed by atoms with Crippen molar-refractivity contribution in [1.82, 2.24) is 4.42 Å². The van der Waals surface area contributed by atoms with Crippen LogP contribution >= 0.6 is 11.8 Å². The Labute approximate surface area is 222 Å². The molecule has 1 aliphatic rings. The number of carbonyl (C=O) groups is 1. The standard InChI is InChI=1S/C26H40ClF3N2O5/c1-17(2)19(13-18-7-8-22(36-4)23(14-18)37-12-6-11-35-3)15-20(31)21(33)16-32(27)24(34)25(9-5-10-25)26(28,29)30/h7-8,14,17,19-21,33H,5-6,9-13,15-16,31H2,1-4H3/t19-,20-,21-/m0/s1. The topological polar surface area (TPSA) is 94.3 Å². The van der Waals surface area contributed by atoms with Crippen LogP contribution in [0.25, 0.3) is 0 Å². The van der Waals surface area contributed by atoms with Gasteiger partial charge < -0.3 is 25.1 Å². The van der Waals surface area contributed by atoms with E-state index in [1.807, 2.05) is 32.0 Å². The van der Waals surface area contributed by atoms with Crippen LogP contribution in [0.1, 0.15) is 51.5 Å². The Bertz CT molecular complexity index is 867. The summed E-state index contributed by atoms with van der Waals surface area (Å²) >= 11 is 5.94. The van der Waals surface area contributed by atoms with Crippen molar-refractivity contribution in [3.05, 3.63) is 23.8 Å². The van der Waals surface area contributed by atoms with E-state index in [0.29, 0.717) is 48.4 Å². The van der Waals surface area contributed by atoms with Gasteiger partial charge in [-0.1, -0.05) is 26.3 Å². The Morgan fingerprint density at radius 1 is 1.22 bits per heavy atom. The molecule has 1 fully saturated rings. The first kappa shape index (κ1) is 31.5. The lowest BCUT2D eigenvalue weighted by molar-refractivity contribution is -0.246. The third-order valence-corrected chi connectivity index (χ3v) is 7.51. The van der Waals surface area contributed by atoms with Crippen LogP contribution in [0.4, 0.5) is 13.2 Å². The Hall–Kier alpha value is -1.75. The number of amides is 1. The molecule has 7 nitrogen and oxygen atoms in total. The highest BCUT2D eigenvalue weighted by molar-refractivity contribution is 6.22. The highest BCUT2D eigenvalue weighted by atomic mass is 35.5. The average molecular weight is 553 g/mol. The number of benzene rings is 1. The van der Waals surface area contributed by atoms with Gasteiger partial charge in [0.15, 0.2) is 11.5 Å². The molecule has 11 heteroatoms. The fourth-order valence-corrected chi connectivity index (χ4v) is 4.81. The van der Waals surface area contributed by atoms with E-state index in [-0.39, 0.29) is 24.7 Å². The van der Waals surface area contributed by atoms with E-state index in [4.69, 9.17) is 31.7 Å². The summed E-state index contributed by atoms with van der Waals surface area (Å²) in [5.74, 6) is 0.254. The zero-order valence-corrected chi connectivity index (χ0v) is 22.8. The van der Waals surface area contributed by atoms with Gasteiger partial charge in [-0.25, -0.2) is 0 Å². The van der Waals surface area contributed by atoms with E-state index in [0.717, 1.165) is 12.0 Å². The second-order valence-electron chi connectivity index (χ2n) is 10.1. The van der Waals surface area contributed by atoms with Gasteiger partial charge in [-0.15, -0.1) is 0 Å². The third-order valence-electron chi connectivity index (χ3n) is 7.22. The predicted molar refractivity (Wildman–Crippen MR) is 136 cm³/mol. The maximum Gasteiger partial charge on any atom is 0.403 e. The van der Waals surface area contributed by atoms with Gasteiger partial charge in [0.2, 0.25) is 0 Å². The summed E-state index contributed by atoms with van der Waals surface area (Å²) in [6.07, 6.45) is -4.49. The Morgan fingerprint density at radius 3 is 2.41 bits per heavy atom. The second kappa shape index (κ2) is 13.9. The Balaban J connectivity index is 2.02. The first-order valence-electron chi connectivity index (χ1n) is 12.6. The van der Waals surface area contributed by atoms with Gasteiger partial charge in [-0.05, 0) is 55.2 Å². The van der Waals surface area contributed by atoms with E-state index >= 15 is 0 Å². The monoisotopic (exact) mass is 552 g/mol. The smallest absolute Gasteiger partial charge is 0.403 e. The van der Waals surface area contributed by atoms with E-state index < -0.39 is 36.2 Å². The van der Waals surface area contributed by atoms with Crippen LogP contribution in [0.2, 0.25) is 0 Å². The number of aliphatic hydroxyl groups is 1. The lowest BCUT2D eigenvalue weighted by atomic mass is 9.67. The lowest BCUT2D eigenvalue weighted by Crippen LogP contribution is -2.56. The van der Waals surface area contributed by atoms with Crippen molar-refractivity contribution in [2.24, 2.45) is 23.0 Å². The maximum atomic E-state index is 13.5. The maximum absolute atomic E-state index is 13.5. The molecular formula is C26H40ClF3N2O5. The summed E-state index contributed by atoms with van der Waals surface area (Å²) < 4.78 is 57.2. The van der Waals surface area contributed by atoms with Crippen molar-refractivity contribution in [1.29, 1.82) is 0 Å². The minimum Gasteiger partial charge on any atom is -0.493 e. The number of rotatable bonds is 15. The summed E-state index contributed by atoms with van der Waals surface area (Å²) in [6.45, 7) is 4.65. The largest absolute Gasteiger partial charge is 0.493 e. The molecule has 2 rings (SSSR count). The van der Waals surface area contributed by atoms with Crippen molar-refractivity contribution < 1.29 is 37.3 Å². The minimum atomic E-state index is -4.68. The molecular weight excluding hydrogens is 513 g/mol. The van der Waals surface area contributed by atoms with Crippen molar-refractivity contribution in [2.75, 3.05) is 34.0 Å². The van der Waals surface area contributed by atoms with Gasteiger partial charge in [0.25, 0.3) is 5.91 Å². The van der Waals surface area contributed by atoms with Gasteiger partial charge in [0, 0.05) is 38.0 Å². The fourth-order valence-electron chi connectivity index (χ4n) is 4.51. The molecule has 0 unspecified atom stereocenters. The third kappa shape index (κ3) is 8.12. The first-order valence-corrected chi connectivity index (χ1v) is 13.0. The van der Waals surface area contributed by atoms with Gasteiger partial charge >= 0.3 is 6.18 Å². The molecule has 0 spiro atoms. The lowest BCUT2D eigenvalue weighted by Gasteiger charge is -2.43. The molecule has 1 aromatic carbocycles. The quantitative estimate of drug-likeness (QED) is 0.242. The second-order valence-corrected chi connectivity index (χ2v) is 10.5. The van der Waals surface area contributed by atoms with Crippen LogP contribution in [0.3, 0.4) is 0 Å². The summed E-state index contributed by atoms with van der Waals surface area (Å²) in [5, 5.41) is 10.6. The van der Waals surface area contributed by atoms with Crippen molar-refractivity contribution in [2.45, 2.75) is 70.7 Å². The minimum absolute atomic E-state index is 0.0482. The van der Waals surface area contributed by atoms with E-state index in [2.05, 4.69) is 0 Å². The zero-order chi connectivity index (χ0) is 27.8. The number of methoxy groups -OCH3 is 2. The summed E-state index contributed by atoms with van der Waals surface area (Å²) in [5.41, 5.74) is 4.78. The molecule has 3 atom stereocenters. The van der Waals surface area contributed by atoms with E-state index in [9.17, 15) is 23.1 Å². The molecule has 212 valence electrons. The normalized spacial score (nSPS) is 17.6. The first-order chi connectivity index (χ1) is 17.4. The number of halogens is 4. The Morgan fingerprint density at radius 2 is 1.89 bits per heavy atom. The fraction of sp³-hybridized carbons (Fsp3) is 0.731. The van der Waals surface area contributed by atoms with Crippen molar-refractivity contribution in [3.63, 3.8) is 0 Å². The molecule has 0 saturated heterocycles. The molecule has 1 aromatic rings.